The molecule has 0 bridgehead atoms. The number of likely N-dealkylation sites (tertiary alicyclic amines) is 1. The highest BCUT2D eigenvalue weighted by Crippen LogP contribution is 2.29. The molecule has 0 radical (unpaired) electrons. The van der Waals surface area contributed by atoms with Gasteiger partial charge in [0, 0.05) is 24.1 Å². The molecule has 2 heterocycles. The van der Waals surface area contributed by atoms with Crippen molar-refractivity contribution >= 4 is 11.6 Å². The van der Waals surface area contributed by atoms with Crippen LogP contribution in [0.5, 0.6) is 0 Å². The molecule has 5 heteroatoms. The number of piperidine rings is 1. The maximum absolute atomic E-state index is 6.12. The van der Waals surface area contributed by atoms with Gasteiger partial charge in [-0.25, -0.2) is 9.97 Å². The molecule has 0 spiro atoms. The fourth-order valence-corrected chi connectivity index (χ4v) is 2.76. The average molecular weight is 291 g/mol. The molecule has 2 N–H and O–H groups in total. The third kappa shape index (κ3) is 3.46. The van der Waals surface area contributed by atoms with Gasteiger partial charge in [0.25, 0.3) is 0 Å². The van der Waals surface area contributed by atoms with Crippen LogP contribution in [0.4, 0.5) is 11.6 Å². The number of nitrogen functional groups attached to an aromatic ring is 1. The number of anilines is 2. The number of nitrogens with two attached hydrogens (primary N) is 1. The Morgan fingerprint density at radius 2 is 1.76 bits per heavy atom. The van der Waals surface area contributed by atoms with Gasteiger partial charge in [-0.05, 0) is 39.9 Å². The Morgan fingerprint density at radius 1 is 1.19 bits per heavy atom. The van der Waals surface area contributed by atoms with Crippen LogP contribution in [-0.2, 0) is 5.41 Å². The van der Waals surface area contributed by atoms with Gasteiger partial charge in [-0.3, -0.25) is 0 Å². The highest BCUT2D eigenvalue weighted by molar-refractivity contribution is 5.57. The van der Waals surface area contributed by atoms with Crippen molar-refractivity contribution in [1.82, 2.24) is 14.9 Å². The molecular weight excluding hydrogens is 262 g/mol. The van der Waals surface area contributed by atoms with E-state index in [0.29, 0.717) is 11.9 Å². The highest BCUT2D eigenvalue weighted by Gasteiger charge is 2.26. The Morgan fingerprint density at radius 3 is 2.29 bits per heavy atom. The molecule has 1 aromatic heterocycles. The van der Waals surface area contributed by atoms with Gasteiger partial charge in [-0.1, -0.05) is 20.8 Å². The number of hydrogen-bond donors (Lipinski definition) is 1. The van der Waals surface area contributed by atoms with Crippen LogP contribution in [0.2, 0.25) is 0 Å². The molecule has 21 heavy (non-hydrogen) atoms. The van der Waals surface area contributed by atoms with Crippen molar-refractivity contribution in [2.45, 2.75) is 52.0 Å². The maximum atomic E-state index is 6.12. The van der Waals surface area contributed by atoms with Gasteiger partial charge in [0.05, 0.1) is 0 Å². The van der Waals surface area contributed by atoms with E-state index in [0.717, 1.165) is 30.3 Å². The summed E-state index contributed by atoms with van der Waals surface area (Å²) >= 11 is 0. The summed E-state index contributed by atoms with van der Waals surface area (Å²) in [5.74, 6) is 2.41. The highest BCUT2D eigenvalue weighted by atomic mass is 15.2. The lowest BCUT2D eigenvalue weighted by molar-refractivity contribution is 0.252. The Labute approximate surface area is 128 Å². The van der Waals surface area contributed by atoms with Crippen LogP contribution in [0.15, 0.2) is 0 Å². The molecule has 1 saturated heterocycles. The predicted molar refractivity (Wildman–Crippen MR) is 88.8 cm³/mol. The number of nitrogens with zero attached hydrogens (tertiary/aromatic N) is 4. The van der Waals surface area contributed by atoms with Gasteiger partial charge in [-0.15, -0.1) is 0 Å². The van der Waals surface area contributed by atoms with Gasteiger partial charge in [0.1, 0.15) is 17.5 Å². The number of rotatable bonds is 2. The molecule has 1 aromatic rings. The predicted octanol–water partition coefficient (Wildman–Crippen LogP) is 2.20. The fraction of sp³-hybridized carbons (Fsp3) is 0.750. The van der Waals surface area contributed by atoms with Gasteiger partial charge >= 0.3 is 0 Å². The van der Waals surface area contributed by atoms with E-state index in [-0.39, 0.29) is 5.41 Å². The first-order valence-corrected chi connectivity index (χ1v) is 7.76. The lowest BCUT2D eigenvalue weighted by Crippen LogP contribution is -2.42. The topological polar surface area (TPSA) is 58.3 Å². The zero-order valence-electron chi connectivity index (χ0n) is 14.3. The van der Waals surface area contributed by atoms with Crippen LogP contribution in [0, 0.1) is 6.92 Å². The first kappa shape index (κ1) is 16.0. The van der Waals surface area contributed by atoms with E-state index in [1.54, 1.807) is 0 Å². The minimum atomic E-state index is -0.0931. The second-order valence-electron chi connectivity index (χ2n) is 7.28. The van der Waals surface area contributed by atoms with Crippen molar-refractivity contribution in [3.8, 4) is 0 Å². The third-order valence-electron chi connectivity index (χ3n) is 4.40. The summed E-state index contributed by atoms with van der Waals surface area (Å²) in [4.78, 5) is 14.0. The van der Waals surface area contributed by atoms with Crippen molar-refractivity contribution in [2.24, 2.45) is 0 Å². The molecule has 1 fully saturated rings. The lowest BCUT2D eigenvalue weighted by atomic mass is 9.95. The summed E-state index contributed by atoms with van der Waals surface area (Å²) in [6.45, 7) is 10.7. The van der Waals surface area contributed by atoms with Crippen LogP contribution in [0.1, 0.15) is 45.0 Å². The molecule has 5 nitrogen and oxygen atoms in total. The molecule has 2 rings (SSSR count). The average Bonchev–Trinajstić information content (AvgIpc) is 2.40. The maximum Gasteiger partial charge on any atom is 0.138 e. The second kappa shape index (κ2) is 5.79. The van der Waals surface area contributed by atoms with Gasteiger partial charge < -0.3 is 15.5 Å². The smallest absolute Gasteiger partial charge is 0.138 e. The Hall–Kier alpha value is -1.36. The molecule has 0 atom stereocenters. The van der Waals surface area contributed by atoms with Gasteiger partial charge in [-0.2, -0.15) is 0 Å². The molecule has 118 valence electrons. The summed E-state index contributed by atoms with van der Waals surface area (Å²) < 4.78 is 0. The Kier molecular flexibility index (Phi) is 4.42. The summed E-state index contributed by atoms with van der Waals surface area (Å²) in [7, 11) is 4.32. The Balaban J connectivity index is 2.31. The monoisotopic (exact) mass is 291 g/mol. The quantitative estimate of drug-likeness (QED) is 0.905. The van der Waals surface area contributed by atoms with Crippen molar-refractivity contribution < 1.29 is 0 Å². The number of aromatic nitrogens is 2. The van der Waals surface area contributed by atoms with E-state index in [9.17, 15) is 0 Å². The van der Waals surface area contributed by atoms with Crippen LogP contribution in [0.3, 0.4) is 0 Å². The van der Waals surface area contributed by atoms with Crippen LogP contribution < -0.4 is 10.6 Å². The van der Waals surface area contributed by atoms with Gasteiger partial charge in [0.2, 0.25) is 0 Å². The first-order valence-electron chi connectivity index (χ1n) is 7.76. The van der Waals surface area contributed by atoms with Gasteiger partial charge in [0.15, 0.2) is 0 Å². The zero-order chi connectivity index (χ0) is 15.8. The fourth-order valence-electron chi connectivity index (χ4n) is 2.76. The minimum Gasteiger partial charge on any atom is -0.383 e. The third-order valence-corrected chi connectivity index (χ3v) is 4.40. The van der Waals surface area contributed by atoms with Crippen molar-refractivity contribution in [2.75, 3.05) is 37.8 Å². The van der Waals surface area contributed by atoms with E-state index in [2.05, 4.69) is 49.7 Å². The SMILES string of the molecule is Cc1c(N)nc(C(C)(C)C)nc1N(C)C1CCN(C)CC1. The van der Waals surface area contributed by atoms with Crippen LogP contribution in [0.25, 0.3) is 0 Å². The largest absolute Gasteiger partial charge is 0.383 e. The van der Waals surface area contributed by atoms with Crippen LogP contribution in [-0.4, -0.2) is 48.1 Å². The first-order chi connectivity index (χ1) is 9.70. The number of hydrogen-bond acceptors (Lipinski definition) is 5. The van der Waals surface area contributed by atoms with Crippen molar-refractivity contribution in [3.05, 3.63) is 11.4 Å². The standard InChI is InChI=1S/C16H29N5/c1-11-13(17)18-15(16(2,3)4)19-14(11)21(6)12-7-9-20(5)10-8-12/h12H,7-10H2,1-6H3,(H2,17,18,19). The summed E-state index contributed by atoms with van der Waals surface area (Å²) in [6, 6.07) is 0.530. The molecule has 0 unspecified atom stereocenters. The molecule has 1 aliphatic heterocycles. The Bertz CT molecular complexity index is 498. The van der Waals surface area contributed by atoms with E-state index in [1.165, 1.54) is 12.8 Å². The molecule has 1 aliphatic rings. The molecule has 0 aliphatic carbocycles. The normalized spacial score (nSPS) is 18.0. The summed E-state index contributed by atoms with van der Waals surface area (Å²) in [5, 5.41) is 0. The zero-order valence-corrected chi connectivity index (χ0v) is 14.3. The molecular formula is C16H29N5. The van der Waals surface area contributed by atoms with Crippen molar-refractivity contribution in [1.29, 1.82) is 0 Å². The summed E-state index contributed by atoms with van der Waals surface area (Å²) in [6.07, 6.45) is 2.34. The minimum absolute atomic E-state index is 0.0931. The molecule has 0 saturated carbocycles. The second-order valence-corrected chi connectivity index (χ2v) is 7.28. The van der Waals surface area contributed by atoms with E-state index in [1.807, 2.05) is 6.92 Å². The van der Waals surface area contributed by atoms with Crippen LogP contribution >= 0.6 is 0 Å². The summed E-state index contributed by atoms with van der Waals surface area (Å²) in [5.41, 5.74) is 7.02. The molecule has 0 amide bonds. The van der Waals surface area contributed by atoms with Crippen molar-refractivity contribution in [3.63, 3.8) is 0 Å². The molecule has 0 aromatic carbocycles. The van der Waals surface area contributed by atoms with E-state index >= 15 is 0 Å². The van der Waals surface area contributed by atoms with E-state index < -0.39 is 0 Å². The van der Waals surface area contributed by atoms with E-state index in [4.69, 9.17) is 10.7 Å². The lowest BCUT2D eigenvalue weighted by Gasteiger charge is -2.36.